The molecular weight excluding hydrogens is 543 g/mol. The van der Waals surface area contributed by atoms with Crippen molar-refractivity contribution in [3.05, 3.63) is 68.4 Å². The van der Waals surface area contributed by atoms with Gasteiger partial charge in [0.15, 0.2) is 0 Å². The van der Waals surface area contributed by atoms with E-state index in [2.05, 4.69) is 20.2 Å². The molecule has 4 aromatic rings. The first-order valence-electron chi connectivity index (χ1n) is 12.3. The minimum absolute atomic E-state index is 0.111. The molecule has 0 bridgehead atoms. The van der Waals surface area contributed by atoms with Crippen LogP contribution in [0.25, 0.3) is 20.7 Å². The Morgan fingerprint density at radius 2 is 1.87 bits per heavy atom. The van der Waals surface area contributed by atoms with Gasteiger partial charge >= 0.3 is 4.87 Å². The SMILES string of the molecule is Cc1nc(C)c(-c2cccc(C(=O)N[C@@H](C)CN3CCN(S(=O)(=O)c4ccc5[nH]c(=O)sc5c4)CC3)c2)s1. The number of carbonyl (C=O) groups is 1. The fourth-order valence-electron chi connectivity index (χ4n) is 4.73. The molecule has 2 aromatic carbocycles. The molecule has 1 aliphatic rings. The molecule has 12 heteroatoms. The lowest BCUT2D eigenvalue weighted by molar-refractivity contribution is 0.0922. The Balaban J connectivity index is 1.17. The summed E-state index contributed by atoms with van der Waals surface area (Å²) in [5.41, 5.74) is 3.18. The summed E-state index contributed by atoms with van der Waals surface area (Å²) < 4.78 is 28.5. The predicted octanol–water partition coefficient (Wildman–Crippen LogP) is 3.45. The molecule has 3 heterocycles. The molecule has 0 aliphatic carbocycles. The van der Waals surface area contributed by atoms with Crippen LogP contribution < -0.4 is 10.2 Å². The van der Waals surface area contributed by atoms with E-state index in [1.165, 1.54) is 10.4 Å². The summed E-state index contributed by atoms with van der Waals surface area (Å²) >= 11 is 2.62. The van der Waals surface area contributed by atoms with Gasteiger partial charge in [-0.15, -0.1) is 11.3 Å². The number of aromatic amines is 1. The first kappa shape index (κ1) is 26.7. The largest absolute Gasteiger partial charge is 0.348 e. The van der Waals surface area contributed by atoms with Gasteiger partial charge in [-0.1, -0.05) is 23.5 Å². The highest BCUT2D eigenvalue weighted by Gasteiger charge is 2.29. The van der Waals surface area contributed by atoms with E-state index >= 15 is 0 Å². The van der Waals surface area contributed by atoms with E-state index in [-0.39, 0.29) is 21.7 Å². The zero-order chi connectivity index (χ0) is 27.0. The third-order valence-electron chi connectivity index (χ3n) is 6.56. The maximum atomic E-state index is 13.2. The number of benzene rings is 2. The normalized spacial score (nSPS) is 16.1. The highest BCUT2D eigenvalue weighted by molar-refractivity contribution is 7.89. The molecule has 38 heavy (non-hydrogen) atoms. The average Bonchev–Trinajstić information content (AvgIpc) is 3.43. The van der Waals surface area contributed by atoms with Crippen molar-refractivity contribution in [3.63, 3.8) is 0 Å². The third kappa shape index (κ3) is 5.59. The Kier molecular flexibility index (Phi) is 7.51. The molecule has 2 aromatic heterocycles. The van der Waals surface area contributed by atoms with E-state index < -0.39 is 10.0 Å². The molecule has 0 radical (unpaired) electrons. The number of sulfonamides is 1. The number of nitrogens with zero attached hydrogens (tertiary/aromatic N) is 3. The number of hydrogen-bond donors (Lipinski definition) is 2. The first-order valence-corrected chi connectivity index (χ1v) is 15.4. The number of aromatic nitrogens is 2. The summed E-state index contributed by atoms with van der Waals surface area (Å²) in [6, 6.07) is 12.2. The van der Waals surface area contributed by atoms with Crippen molar-refractivity contribution in [2.75, 3.05) is 32.7 Å². The zero-order valence-corrected chi connectivity index (χ0v) is 23.8. The number of H-pyrrole nitrogens is 1. The van der Waals surface area contributed by atoms with Gasteiger partial charge < -0.3 is 10.3 Å². The van der Waals surface area contributed by atoms with Crippen molar-refractivity contribution in [3.8, 4) is 10.4 Å². The Hall–Kier alpha value is -2.90. The smallest absolute Gasteiger partial charge is 0.305 e. The molecule has 0 spiro atoms. The van der Waals surface area contributed by atoms with Crippen LogP contribution in [0.3, 0.4) is 0 Å². The zero-order valence-electron chi connectivity index (χ0n) is 21.4. The molecule has 0 unspecified atom stereocenters. The second kappa shape index (κ2) is 10.7. The number of nitrogens with one attached hydrogen (secondary N) is 2. The predicted molar refractivity (Wildman–Crippen MR) is 152 cm³/mol. The average molecular weight is 572 g/mol. The Morgan fingerprint density at radius 1 is 1.11 bits per heavy atom. The minimum atomic E-state index is -3.66. The summed E-state index contributed by atoms with van der Waals surface area (Å²) in [4.78, 5) is 34.9. The molecule has 1 saturated heterocycles. The number of hydrogen-bond acceptors (Lipinski definition) is 8. The number of thiazole rings is 2. The Bertz CT molecular complexity index is 1650. The van der Waals surface area contributed by atoms with Gasteiger partial charge in [-0.05, 0) is 56.7 Å². The lowest BCUT2D eigenvalue weighted by Crippen LogP contribution is -2.52. The summed E-state index contributed by atoms with van der Waals surface area (Å²) in [5, 5.41) is 4.07. The van der Waals surface area contributed by atoms with E-state index in [0.29, 0.717) is 48.5 Å². The molecule has 2 N–H and O–H groups in total. The topological polar surface area (TPSA) is 115 Å². The van der Waals surface area contributed by atoms with Crippen LogP contribution in [0.5, 0.6) is 0 Å². The summed E-state index contributed by atoms with van der Waals surface area (Å²) in [5.74, 6) is -0.137. The third-order valence-corrected chi connectivity index (χ3v) is 10.4. The van der Waals surface area contributed by atoms with E-state index in [1.54, 1.807) is 23.5 Å². The van der Waals surface area contributed by atoms with Gasteiger partial charge in [0.05, 0.1) is 30.7 Å². The fourth-order valence-corrected chi connectivity index (χ4v) is 7.94. The van der Waals surface area contributed by atoms with Crippen LogP contribution in [0.4, 0.5) is 0 Å². The quantitative estimate of drug-likeness (QED) is 0.351. The highest BCUT2D eigenvalue weighted by atomic mass is 32.2. The molecule has 9 nitrogen and oxygen atoms in total. The molecule has 200 valence electrons. The van der Waals surface area contributed by atoms with Crippen molar-refractivity contribution < 1.29 is 13.2 Å². The van der Waals surface area contributed by atoms with E-state index in [4.69, 9.17) is 0 Å². The summed E-state index contributed by atoms with van der Waals surface area (Å²) in [7, 11) is -3.66. The van der Waals surface area contributed by atoms with Gasteiger partial charge in [0.1, 0.15) is 0 Å². The molecule has 1 fully saturated rings. The van der Waals surface area contributed by atoms with E-state index in [0.717, 1.165) is 32.5 Å². The lowest BCUT2D eigenvalue weighted by Gasteiger charge is -2.35. The maximum absolute atomic E-state index is 13.2. The number of piperazine rings is 1. The number of aryl methyl sites for hydroxylation is 2. The number of amides is 1. The molecule has 1 amide bonds. The van der Waals surface area contributed by atoms with Gasteiger partial charge in [-0.2, -0.15) is 4.31 Å². The molecule has 5 rings (SSSR count). The Morgan fingerprint density at radius 3 is 2.58 bits per heavy atom. The van der Waals surface area contributed by atoms with E-state index in [1.807, 2.05) is 45.0 Å². The molecule has 0 saturated carbocycles. The van der Waals surface area contributed by atoms with E-state index in [9.17, 15) is 18.0 Å². The van der Waals surface area contributed by atoms with Gasteiger partial charge in [0, 0.05) is 44.3 Å². The number of rotatable bonds is 7. The summed E-state index contributed by atoms with van der Waals surface area (Å²) in [6.45, 7) is 8.39. The van der Waals surface area contributed by atoms with Gasteiger partial charge in [-0.3, -0.25) is 14.5 Å². The van der Waals surface area contributed by atoms with Crippen LogP contribution in [-0.2, 0) is 10.0 Å². The monoisotopic (exact) mass is 571 g/mol. The molecular formula is C26H29N5O4S3. The first-order chi connectivity index (χ1) is 18.1. The second-order valence-corrected chi connectivity index (χ2v) is 13.6. The van der Waals surface area contributed by atoms with Crippen LogP contribution in [0.2, 0.25) is 0 Å². The number of carbonyl (C=O) groups excluding carboxylic acids is 1. The second-order valence-electron chi connectivity index (χ2n) is 9.48. The van der Waals surface area contributed by atoms with Crippen molar-refractivity contribution >= 4 is 48.8 Å². The van der Waals surface area contributed by atoms with Crippen molar-refractivity contribution in [2.24, 2.45) is 0 Å². The highest BCUT2D eigenvalue weighted by Crippen LogP contribution is 2.30. The molecule has 1 atom stereocenters. The molecule has 1 aliphatic heterocycles. The van der Waals surface area contributed by atoms with Gasteiger partial charge in [-0.25, -0.2) is 13.4 Å². The lowest BCUT2D eigenvalue weighted by atomic mass is 10.1. The maximum Gasteiger partial charge on any atom is 0.305 e. The Labute approximate surface area is 229 Å². The van der Waals surface area contributed by atoms with Gasteiger partial charge in [0.2, 0.25) is 10.0 Å². The van der Waals surface area contributed by atoms with Gasteiger partial charge in [0.25, 0.3) is 5.91 Å². The van der Waals surface area contributed by atoms with Crippen molar-refractivity contribution in [2.45, 2.75) is 31.7 Å². The van der Waals surface area contributed by atoms with Crippen LogP contribution in [0.15, 0.2) is 52.2 Å². The standard InChI is InChI=1S/C26H29N5O4S3/c1-16(27-25(32)20-6-4-5-19(13-20)24-17(2)28-18(3)36-24)15-30-9-11-31(12-10-30)38(34,35)21-7-8-22-23(14-21)37-26(33)29-22/h4-8,13-14,16H,9-12,15H2,1-3H3,(H,27,32)(H,29,33)/t16-/m0/s1. The van der Waals surface area contributed by atoms with Crippen LogP contribution in [-0.4, -0.2) is 72.3 Å². The van der Waals surface area contributed by atoms with Crippen LogP contribution in [0.1, 0.15) is 28.0 Å². The van der Waals surface area contributed by atoms with Crippen molar-refractivity contribution in [1.82, 2.24) is 24.5 Å². The fraction of sp³-hybridized carbons (Fsp3) is 0.346. The van der Waals surface area contributed by atoms with Crippen LogP contribution in [0, 0.1) is 13.8 Å². The van der Waals surface area contributed by atoms with Crippen molar-refractivity contribution in [1.29, 1.82) is 0 Å². The number of fused-ring (bicyclic) bond motifs is 1. The summed E-state index contributed by atoms with van der Waals surface area (Å²) in [6.07, 6.45) is 0. The minimum Gasteiger partial charge on any atom is -0.348 e. The van der Waals surface area contributed by atoms with Crippen LogP contribution >= 0.6 is 22.7 Å².